The highest BCUT2D eigenvalue weighted by Gasteiger charge is 2.44. The Bertz CT molecular complexity index is 1980. The molecule has 1 saturated carbocycles. The summed E-state index contributed by atoms with van der Waals surface area (Å²) in [5.41, 5.74) is 3.21. The van der Waals surface area contributed by atoms with Gasteiger partial charge in [0, 0.05) is 55.4 Å². The smallest absolute Gasteiger partial charge is 0.285 e. The maximum absolute atomic E-state index is 16.1. The topological polar surface area (TPSA) is 124 Å². The molecule has 11 nitrogen and oxygen atoms in total. The molecule has 4 aliphatic rings. The summed E-state index contributed by atoms with van der Waals surface area (Å²) in [4.78, 5) is 29.6. The number of rotatable bonds is 4. The largest absolute Gasteiger partial charge is 0.490 e. The van der Waals surface area contributed by atoms with Crippen LogP contribution in [-0.2, 0) is 34.2 Å². The zero-order valence-electron chi connectivity index (χ0n) is 29.8. The first-order valence-electron chi connectivity index (χ1n) is 17.8. The standard InChI is InChI=1S/C38H45ClFN5O6S/c1-22-30(40)12-14-32(49-3)27-10-7-25(27)18-45-20-38(15-5-6-23-16-26(39)9-11-29(23)38)21-51-33-13-8-24(17-31(33)45)34(46)43-52(48)37(22)41-35(47)28-19-44(2)42-36(28)50-4/h8-9,11-14,16-17,19,22,25,27,30,32,37,52H,5-7,10,15,18,20-21H2,1-4H3,(H,41,47)/b14-12+/t22-,25-,27+,30-,32-,37?,38-/m0/s1. The summed E-state index contributed by atoms with van der Waals surface area (Å²) in [5.74, 6) is -1.36. The quantitative estimate of drug-likeness (QED) is 0.257. The Labute approximate surface area is 310 Å². The third-order valence-corrected chi connectivity index (χ3v) is 13.0. The van der Waals surface area contributed by atoms with E-state index in [9.17, 15) is 13.8 Å². The minimum atomic E-state index is -2.84. The molecule has 1 aromatic heterocycles. The Balaban J connectivity index is 1.29. The summed E-state index contributed by atoms with van der Waals surface area (Å²) >= 11 is 6.43. The Kier molecular flexibility index (Phi) is 10.4. The lowest BCUT2D eigenvalue weighted by atomic mass is 9.68. The van der Waals surface area contributed by atoms with Crippen LogP contribution in [-0.4, -0.2) is 77.4 Å². The van der Waals surface area contributed by atoms with Gasteiger partial charge in [0.15, 0.2) is 0 Å². The number of nitrogens with zero attached hydrogens (tertiary/aromatic N) is 4. The number of anilines is 1. The average Bonchev–Trinajstić information content (AvgIpc) is 3.44. The molecule has 52 heavy (non-hydrogen) atoms. The van der Waals surface area contributed by atoms with Gasteiger partial charge in [-0.25, -0.2) is 4.39 Å². The molecule has 2 aliphatic heterocycles. The highest BCUT2D eigenvalue weighted by molar-refractivity contribution is 7.76. The van der Waals surface area contributed by atoms with Crippen molar-refractivity contribution in [2.24, 2.45) is 29.2 Å². The number of aryl methyl sites for hydroxylation is 2. The first kappa shape index (κ1) is 36.4. The number of hydrogen-bond acceptors (Lipinski definition) is 8. The van der Waals surface area contributed by atoms with E-state index in [0.717, 1.165) is 37.8 Å². The normalized spacial score (nSPS) is 31.2. The van der Waals surface area contributed by atoms with Crippen LogP contribution in [0.15, 0.2) is 59.1 Å². The van der Waals surface area contributed by atoms with Crippen LogP contribution < -0.4 is 19.7 Å². The lowest BCUT2D eigenvalue weighted by molar-refractivity contribution is 0.0128. The number of nitrogens with one attached hydrogen (secondary N) is 1. The van der Waals surface area contributed by atoms with Crippen molar-refractivity contribution in [2.45, 2.75) is 62.1 Å². The van der Waals surface area contributed by atoms with Gasteiger partial charge in [0.2, 0.25) is 5.88 Å². The van der Waals surface area contributed by atoms with Gasteiger partial charge in [-0.2, -0.15) is 4.36 Å². The van der Waals surface area contributed by atoms with Crippen LogP contribution >= 0.6 is 11.6 Å². The van der Waals surface area contributed by atoms with Gasteiger partial charge in [-0.15, -0.1) is 5.10 Å². The Morgan fingerprint density at radius 3 is 2.75 bits per heavy atom. The average molecular weight is 754 g/mol. The fourth-order valence-electron chi connectivity index (χ4n) is 8.33. The zero-order chi connectivity index (χ0) is 36.7. The third kappa shape index (κ3) is 6.94. The molecule has 2 aromatic carbocycles. The highest BCUT2D eigenvalue weighted by Crippen LogP contribution is 2.47. The van der Waals surface area contributed by atoms with Crippen LogP contribution in [0.3, 0.4) is 0 Å². The molecule has 2 unspecified atom stereocenters. The molecule has 2 bridgehead atoms. The fraction of sp³-hybridized carbons (Fsp3) is 0.500. The van der Waals surface area contributed by atoms with Gasteiger partial charge in [-0.1, -0.05) is 36.7 Å². The SMILES string of the molecule is COc1nn(C)cc1C(=O)NC1[C@@H](C)[C@@H](F)/C=C/[C@H](OC)[C@@H]2CC[C@H]2CN2C[C@@]3(CCCc4cc(Cl)ccc43)COc3ccc(cc32)C(=O)/N=[SH]\1=O. The van der Waals surface area contributed by atoms with E-state index in [-0.39, 0.29) is 40.4 Å². The van der Waals surface area contributed by atoms with Crippen molar-refractivity contribution in [3.8, 4) is 11.6 Å². The minimum absolute atomic E-state index is 0.0535. The molecule has 278 valence electrons. The van der Waals surface area contributed by atoms with E-state index in [1.54, 1.807) is 38.4 Å². The van der Waals surface area contributed by atoms with Crippen LogP contribution in [0.4, 0.5) is 10.1 Å². The molecule has 2 amide bonds. The van der Waals surface area contributed by atoms with Crippen molar-refractivity contribution in [1.82, 2.24) is 15.1 Å². The number of carbonyl (C=O) groups excluding carboxylic acids is 2. The van der Waals surface area contributed by atoms with E-state index >= 15 is 4.39 Å². The van der Waals surface area contributed by atoms with Crippen LogP contribution in [0, 0.1) is 17.8 Å². The van der Waals surface area contributed by atoms with Gasteiger partial charge in [0.1, 0.15) is 22.9 Å². The van der Waals surface area contributed by atoms with Crippen LogP contribution in [0.1, 0.15) is 64.4 Å². The molecular weight excluding hydrogens is 709 g/mol. The van der Waals surface area contributed by atoms with E-state index < -0.39 is 39.9 Å². The first-order valence-corrected chi connectivity index (χ1v) is 19.4. The number of methoxy groups -OCH3 is 2. The Hall–Kier alpha value is -3.94. The van der Waals surface area contributed by atoms with E-state index in [4.69, 9.17) is 25.8 Å². The molecule has 3 aromatic rings. The second-order valence-corrected chi connectivity index (χ2v) is 16.3. The molecule has 2 aliphatic carbocycles. The van der Waals surface area contributed by atoms with E-state index in [1.165, 1.54) is 42.1 Å². The van der Waals surface area contributed by atoms with Crippen molar-refractivity contribution < 1.29 is 32.4 Å². The predicted octanol–water partition coefficient (Wildman–Crippen LogP) is 5.70. The number of thiol groups is 1. The maximum atomic E-state index is 16.1. The second-order valence-electron chi connectivity index (χ2n) is 14.5. The van der Waals surface area contributed by atoms with E-state index in [2.05, 4.69) is 31.8 Å². The number of aromatic nitrogens is 2. The fourth-order valence-corrected chi connectivity index (χ4v) is 9.74. The lowest BCUT2D eigenvalue weighted by Crippen LogP contribution is -2.49. The summed E-state index contributed by atoms with van der Waals surface area (Å²) in [6.07, 6.45) is 7.36. The molecular formula is C38H45ClFN5O6S. The number of benzene rings is 2. The molecule has 1 spiro atoms. The van der Waals surface area contributed by atoms with Crippen molar-refractivity contribution in [2.75, 3.05) is 38.8 Å². The first-order chi connectivity index (χ1) is 25.0. The van der Waals surface area contributed by atoms with Crippen LogP contribution in [0.25, 0.3) is 0 Å². The maximum Gasteiger partial charge on any atom is 0.285 e. The van der Waals surface area contributed by atoms with Crippen molar-refractivity contribution in [3.05, 3.63) is 82.0 Å². The molecule has 14 heteroatoms. The van der Waals surface area contributed by atoms with Gasteiger partial charge >= 0.3 is 0 Å². The number of hydrogen-bond donors (Lipinski definition) is 2. The molecule has 1 fully saturated rings. The molecule has 0 radical (unpaired) electrons. The number of allylic oxidation sites excluding steroid dienone is 1. The number of fused-ring (bicyclic) bond motifs is 4. The predicted molar refractivity (Wildman–Crippen MR) is 198 cm³/mol. The van der Waals surface area contributed by atoms with Crippen molar-refractivity contribution in [1.29, 1.82) is 0 Å². The summed E-state index contributed by atoms with van der Waals surface area (Å²) in [6.45, 7) is 3.34. The monoisotopic (exact) mass is 753 g/mol. The minimum Gasteiger partial charge on any atom is -0.490 e. The Morgan fingerprint density at radius 1 is 1.17 bits per heavy atom. The number of alkyl halides is 1. The number of halogens is 2. The van der Waals surface area contributed by atoms with Gasteiger partial charge < -0.3 is 24.4 Å². The second kappa shape index (κ2) is 14.8. The van der Waals surface area contributed by atoms with Crippen LogP contribution in [0.2, 0.25) is 5.02 Å². The van der Waals surface area contributed by atoms with Crippen LogP contribution in [0.5, 0.6) is 11.6 Å². The van der Waals surface area contributed by atoms with Crippen molar-refractivity contribution in [3.63, 3.8) is 0 Å². The molecule has 1 N–H and O–H groups in total. The summed E-state index contributed by atoms with van der Waals surface area (Å²) in [6, 6.07) is 11.3. The van der Waals surface area contributed by atoms with E-state index in [1.807, 2.05) is 6.07 Å². The number of amides is 2. The summed E-state index contributed by atoms with van der Waals surface area (Å²) in [5, 5.41) is 6.18. The van der Waals surface area contributed by atoms with E-state index in [0.29, 0.717) is 30.5 Å². The number of carbonyl (C=O) groups is 2. The van der Waals surface area contributed by atoms with Gasteiger partial charge in [0.05, 0.1) is 36.1 Å². The van der Waals surface area contributed by atoms with Gasteiger partial charge in [0.25, 0.3) is 11.8 Å². The highest BCUT2D eigenvalue weighted by atomic mass is 35.5. The molecule has 8 atom stereocenters. The zero-order valence-corrected chi connectivity index (χ0v) is 31.4. The van der Waals surface area contributed by atoms with Crippen molar-refractivity contribution >= 4 is 39.7 Å². The number of ether oxygens (including phenoxy) is 3. The third-order valence-electron chi connectivity index (χ3n) is 11.3. The summed E-state index contributed by atoms with van der Waals surface area (Å²) in [7, 11) is 1.79. The molecule has 0 saturated heterocycles. The molecule has 7 rings (SSSR count). The lowest BCUT2D eigenvalue weighted by Gasteiger charge is -2.46. The van der Waals surface area contributed by atoms with Gasteiger partial charge in [-0.3, -0.25) is 18.5 Å². The summed E-state index contributed by atoms with van der Waals surface area (Å²) < 4.78 is 53.3. The Morgan fingerprint density at radius 2 is 2.00 bits per heavy atom. The van der Waals surface area contributed by atoms with Gasteiger partial charge in [-0.05, 0) is 85.4 Å². The molecule has 3 heterocycles.